The van der Waals surface area contributed by atoms with Crippen molar-refractivity contribution in [1.82, 2.24) is 5.32 Å². The number of nitrogens with one attached hydrogen (secondary N) is 1. The van der Waals surface area contributed by atoms with Crippen LogP contribution in [0.25, 0.3) is 0 Å². The van der Waals surface area contributed by atoms with Gasteiger partial charge in [-0.1, -0.05) is 0 Å². The van der Waals surface area contributed by atoms with E-state index in [4.69, 9.17) is 5.73 Å². The zero-order chi connectivity index (χ0) is 16.0. The number of carbonyl (C=O) groups is 2. The van der Waals surface area contributed by atoms with Crippen molar-refractivity contribution >= 4 is 27.4 Å². The average molecular weight is 314 g/mol. The lowest BCUT2D eigenvalue weighted by Crippen LogP contribution is -2.42. The predicted octanol–water partition coefficient (Wildman–Crippen LogP) is -0.0251. The number of esters is 1. The summed E-state index contributed by atoms with van der Waals surface area (Å²) in [6.45, 7) is 0. The number of hydrogen-bond donors (Lipinski definition) is 2. The summed E-state index contributed by atoms with van der Waals surface area (Å²) >= 11 is 0. The summed E-state index contributed by atoms with van der Waals surface area (Å²) in [5.41, 5.74) is 6.35. The summed E-state index contributed by atoms with van der Waals surface area (Å²) in [4.78, 5) is 23.6. The minimum atomic E-state index is -3.24. The van der Waals surface area contributed by atoms with E-state index in [2.05, 4.69) is 10.1 Å². The lowest BCUT2D eigenvalue weighted by Gasteiger charge is -2.16. The maximum Gasteiger partial charge on any atom is 0.328 e. The predicted molar refractivity (Wildman–Crippen MR) is 78.5 cm³/mol. The van der Waals surface area contributed by atoms with Crippen LogP contribution in [0, 0.1) is 0 Å². The summed E-state index contributed by atoms with van der Waals surface area (Å²) in [6.07, 6.45) is 1.01. The molecule has 1 atom stereocenters. The van der Waals surface area contributed by atoms with E-state index in [0.29, 0.717) is 11.3 Å². The van der Waals surface area contributed by atoms with Crippen LogP contribution in [0.15, 0.2) is 24.3 Å². The van der Waals surface area contributed by atoms with Crippen LogP contribution in [-0.4, -0.2) is 45.5 Å². The van der Waals surface area contributed by atoms with Gasteiger partial charge in [0.2, 0.25) is 0 Å². The first-order chi connectivity index (χ1) is 9.73. The molecule has 0 radical (unpaired) electrons. The van der Waals surface area contributed by atoms with Gasteiger partial charge in [0, 0.05) is 17.5 Å². The molecule has 0 fully saturated rings. The molecule has 21 heavy (non-hydrogen) atoms. The Morgan fingerprint density at radius 1 is 1.29 bits per heavy atom. The molecule has 1 unspecified atom stereocenters. The second kappa shape index (κ2) is 7.07. The molecule has 1 rings (SSSR count). The van der Waals surface area contributed by atoms with E-state index < -0.39 is 27.8 Å². The van der Waals surface area contributed by atoms with Gasteiger partial charge in [0.05, 0.1) is 12.9 Å². The molecule has 0 aromatic heterocycles. The number of anilines is 1. The first kappa shape index (κ1) is 17.0. The summed E-state index contributed by atoms with van der Waals surface area (Å²) in [5.74, 6) is -1.42. The Kier molecular flexibility index (Phi) is 5.71. The van der Waals surface area contributed by atoms with E-state index in [1.165, 1.54) is 19.2 Å². The number of sulfone groups is 1. The number of methoxy groups -OCH3 is 1. The van der Waals surface area contributed by atoms with E-state index >= 15 is 0 Å². The van der Waals surface area contributed by atoms with E-state index in [1.54, 1.807) is 12.1 Å². The number of amides is 1. The van der Waals surface area contributed by atoms with E-state index in [9.17, 15) is 18.0 Å². The van der Waals surface area contributed by atoms with Crippen molar-refractivity contribution in [3.63, 3.8) is 0 Å². The number of nitrogen functional groups attached to an aromatic ring is 1. The first-order valence-electron chi connectivity index (χ1n) is 6.15. The van der Waals surface area contributed by atoms with Gasteiger partial charge >= 0.3 is 5.97 Å². The second-order valence-corrected chi connectivity index (χ2v) is 6.85. The number of benzene rings is 1. The Hall–Kier alpha value is -2.09. The van der Waals surface area contributed by atoms with Gasteiger partial charge in [-0.25, -0.2) is 13.2 Å². The smallest absolute Gasteiger partial charge is 0.328 e. The standard InChI is InChI=1S/C13H18N2O5S/c1-20-13(17)11(7-8-21(2,18)19)15-12(16)9-3-5-10(14)6-4-9/h3-6,11H,7-8,14H2,1-2H3,(H,15,16). The fourth-order valence-corrected chi connectivity index (χ4v) is 2.26. The van der Waals surface area contributed by atoms with Crippen molar-refractivity contribution in [1.29, 1.82) is 0 Å². The van der Waals surface area contributed by atoms with Crippen LogP contribution >= 0.6 is 0 Å². The van der Waals surface area contributed by atoms with Crippen molar-refractivity contribution < 1.29 is 22.7 Å². The van der Waals surface area contributed by atoms with Crippen molar-refractivity contribution in [2.45, 2.75) is 12.5 Å². The van der Waals surface area contributed by atoms with Crippen LogP contribution in [0.1, 0.15) is 16.8 Å². The van der Waals surface area contributed by atoms with Gasteiger partial charge in [-0.15, -0.1) is 0 Å². The Bertz CT molecular complexity index is 610. The van der Waals surface area contributed by atoms with Gasteiger partial charge in [-0.3, -0.25) is 4.79 Å². The topological polar surface area (TPSA) is 116 Å². The van der Waals surface area contributed by atoms with E-state index in [1.807, 2.05) is 0 Å². The van der Waals surface area contributed by atoms with Crippen molar-refractivity contribution in [2.75, 3.05) is 24.9 Å². The molecule has 116 valence electrons. The van der Waals surface area contributed by atoms with Gasteiger partial charge in [0.1, 0.15) is 15.9 Å². The fraction of sp³-hybridized carbons (Fsp3) is 0.385. The zero-order valence-electron chi connectivity index (χ0n) is 11.8. The molecule has 1 aromatic carbocycles. The highest BCUT2D eigenvalue weighted by Gasteiger charge is 2.23. The molecule has 0 bridgehead atoms. The van der Waals surface area contributed by atoms with E-state index in [-0.39, 0.29) is 12.2 Å². The first-order valence-corrected chi connectivity index (χ1v) is 8.21. The molecule has 8 heteroatoms. The summed E-state index contributed by atoms with van der Waals surface area (Å²) in [7, 11) is -2.07. The molecule has 1 aromatic rings. The van der Waals surface area contributed by atoms with Crippen LogP contribution in [0.3, 0.4) is 0 Å². The Labute approximate surface area is 123 Å². The SMILES string of the molecule is COC(=O)C(CCS(C)(=O)=O)NC(=O)c1ccc(N)cc1. The monoisotopic (exact) mass is 314 g/mol. The fourth-order valence-electron chi connectivity index (χ4n) is 1.60. The van der Waals surface area contributed by atoms with Gasteiger partial charge in [-0.05, 0) is 30.7 Å². The highest BCUT2D eigenvalue weighted by atomic mass is 32.2. The normalized spacial score (nSPS) is 12.5. The van der Waals surface area contributed by atoms with Gasteiger partial charge in [0.25, 0.3) is 5.91 Å². The maximum absolute atomic E-state index is 12.0. The third-order valence-electron chi connectivity index (χ3n) is 2.74. The molecule has 3 N–H and O–H groups in total. The van der Waals surface area contributed by atoms with Crippen LogP contribution in [0.4, 0.5) is 5.69 Å². The van der Waals surface area contributed by atoms with Crippen LogP contribution in [0.2, 0.25) is 0 Å². The molecule has 7 nitrogen and oxygen atoms in total. The van der Waals surface area contributed by atoms with Crippen molar-refractivity contribution in [2.24, 2.45) is 0 Å². The van der Waals surface area contributed by atoms with Crippen LogP contribution < -0.4 is 11.1 Å². The summed E-state index contributed by atoms with van der Waals surface area (Å²) < 4.78 is 26.9. The molecule has 0 heterocycles. The van der Waals surface area contributed by atoms with Crippen molar-refractivity contribution in [3.8, 4) is 0 Å². The third-order valence-corrected chi connectivity index (χ3v) is 3.72. The minimum Gasteiger partial charge on any atom is -0.467 e. The molecule has 0 aliphatic heterocycles. The number of hydrogen-bond acceptors (Lipinski definition) is 6. The highest BCUT2D eigenvalue weighted by molar-refractivity contribution is 7.90. The average Bonchev–Trinajstić information content (AvgIpc) is 2.42. The molecule has 0 aliphatic rings. The van der Waals surface area contributed by atoms with Gasteiger partial charge in [-0.2, -0.15) is 0 Å². The quantitative estimate of drug-likeness (QED) is 0.563. The molecular formula is C13H18N2O5S. The minimum absolute atomic E-state index is 0.0494. The highest BCUT2D eigenvalue weighted by Crippen LogP contribution is 2.07. The molecule has 0 aliphatic carbocycles. The number of nitrogens with two attached hydrogens (primary N) is 1. The molecule has 0 saturated carbocycles. The van der Waals surface area contributed by atoms with Gasteiger partial charge in [0.15, 0.2) is 0 Å². The van der Waals surface area contributed by atoms with Crippen LogP contribution in [0.5, 0.6) is 0 Å². The Morgan fingerprint density at radius 2 is 1.86 bits per heavy atom. The maximum atomic E-state index is 12.0. The molecular weight excluding hydrogens is 296 g/mol. The summed E-state index contributed by atoms with van der Waals surface area (Å²) in [6, 6.07) is 5.11. The zero-order valence-corrected chi connectivity index (χ0v) is 12.6. The van der Waals surface area contributed by atoms with Crippen molar-refractivity contribution in [3.05, 3.63) is 29.8 Å². The molecule has 0 saturated heterocycles. The van der Waals surface area contributed by atoms with Crippen LogP contribution in [-0.2, 0) is 19.4 Å². The summed E-state index contributed by atoms with van der Waals surface area (Å²) in [5, 5.41) is 2.46. The molecule has 1 amide bonds. The number of carbonyl (C=O) groups excluding carboxylic acids is 2. The third kappa shape index (κ3) is 5.82. The van der Waals surface area contributed by atoms with E-state index in [0.717, 1.165) is 6.26 Å². The number of ether oxygens (including phenoxy) is 1. The lowest BCUT2D eigenvalue weighted by molar-refractivity contribution is -0.142. The number of rotatable bonds is 6. The Balaban J connectivity index is 2.78. The van der Waals surface area contributed by atoms with Gasteiger partial charge < -0.3 is 15.8 Å². The second-order valence-electron chi connectivity index (χ2n) is 4.59. The Morgan fingerprint density at radius 3 is 2.33 bits per heavy atom. The largest absolute Gasteiger partial charge is 0.467 e. The molecule has 0 spiro atoms. The lowest BCUT2D eigenvalue weighted by atomic mass is 10.1.